The van der Waals surface area contributed by atoms with Crippen molar-refractivity contribution < 1.29 is 27.1 Å². The van der Waals surface area contributed by atoms with Gasteiger partial charge in [0.25, 0.3) is 5.91 Å². The first-order valence-electron chi connectivity index (χ1n) is 8.96. The van der Waals surface area contributed by atoms with Crippen molar-refractivity contribution in [2.24, 2.45) is 0 Å². The van der Waals surface area contributed by atoms with Crippen LogP contribution in [0.3, 0.4) is 0 Å². The van der Waals surface area contributed by atoms with E-state index in [1.54, 1.807) is 20.2 Å². The van der Waals surface area contributed by atoms with Crippen molar-refractivity contribution in [3.8, 4) is 5.75 Å². The van der Waals surface area contributed by atoms with Crippen molar-refractivity contribution in [3.05, 3.63) is 53.8 Å². The maximum Gasteiger partial charge on any atom is 0.418 e. The Bertz CT molecular complexity index is 1040. The van der Waals surface area contributed by atoms with Crippen molar-refractivity contribution in [1.82, 2.24) is 9.88 Å². The first-order chi connectivity index (χ1) is 14.2. The molecule has 0 spiro atoms. The van der Waals surface area contributed by atoms with Gasteiger partial charge in [0.1, 0.15) is 0 Å². The van der Waals surface area contributed by atoms with Crippen LogP contribution in [-0.4, -0.2) is 49.6 Å². The summed E-state index contributed by atoms with van der Waals surface area (Å²) in [5, 5.41) is 0.130. The van der Waals surface area contributed by atoms with Crippen LogP contribution < -0.4 is 9.64 Å². The molecule has 0 aliphatic carbocycles. The van der Waals surface area contributed by atoms with Crippen molar-refractivity contribution in [2.75, 3.05) is 38.7 Å². The second-order valence-electron chi connectivity index (χ2n) is 6.71. The normalized spacial score (nSPS) is 11.8. The fraction of sp³-hybridized carbons (Fsp3) is 0.300. The summed E-state index contributed by atoms with van der Waals surface area (Å²) in [5.74, 6) is -1.23. The van der Waals surface area contributed by atoms with Crippen LogP contribution in [0.5, 0.6) is 5.75 Å². The van der Waals surface area contributed by atoms with E-state index in [2.05, 4.69) is 4.98 Å². The topological polar surface area (TPSA) is 45.7 Å². The van der Waals surface area contributed by atoms with E-state index >= 15 is 0 Å². The van der Waals surface area contributed by atoms with Crippen molar-refractivity contribution in [3.63, 3.8) is 0 Å². The number of para-hydroxylation sites is 2. The molecule has 0 unspecified atom stereocenters. The number of ether oxygens (including phenoxy) is 1. The number of likely N-dealkylation sites (N-methyl/N-ethyl adjacent to an activating group) is 1. The van der Waals surface area contributed by atoms with Gasteiger partial charge in [0.05, 0.1) is 15.8 Å². The average molecular weight is 441 g/mol. The Morgan fingerprint density at radius 2 is 1.83 bits per heavy atom. The van der Waals surface area contributed by atoms with Gasteiger partial charge in [0.15, 0.2) is 23.3 Å². The summed E-state index contributed by atoms with van der Waals surface area (Å²) in [4.78, 5) is 20.0. The molecule has 30 heavy (non-hydrogen) atoms. The van der Waals surface area contributed by atoms with Crippen molar-refractivity contribution in [1.29, 1.82) is 0 Å². The second-order valence-corrected chi connectivity index (χ2v) is 7.72. The van der Waals surface area contributed by atoms with Gasteiger partial charge < -0.3 is 9.64 Å². The Hall–Kier alpha value is -2.72. The zero-order chi connectivity index (χ0) is 21.9. The Kier molecular flexibility index (Phi) is 6.57. The van der Waals surface area contributed by atoms with Crippen LogP contribution >= 0.6 is 11.3 Å². The van der Waals surface area contributed by atoms with Gasteiger partial charge in [-0.2, -0.15) is 13.2 Å². The molecule has 3 rings (SSSR count). The molecule has 1 aromatic heterocycles. The number of anilines is 1. The lowest BCUT2D eigenvalue weighted by molar-refractivity contribution is -0.136. The molecule has 0 saturated heterocycles. The number of nitrogens with zero attached hydrogens (tertiary/aromatic N) is 3. The average Bonchev–Trinajstić information content (AvgIpc) is 3.10. The highest BCUT2D eigenvalue weighted by molar-refractivity contribution is 7.22. The maximum atomic E-state index is 13.7. The standard InChI is InChI=1S/C20H19F4N3O2S/c1-26(2)10-11-27(17(28)12-29-15-8-4-3-7-14(15)21)19-25-18-13(20(22,23)24)6-5-9-16(18)30-19/h3-9H,10-12H2,1-2H3. The summed E-state index contributed by atoms with van der Waals surface area (Å²) in [6.07, 6.45) is -4.56. The molecule has 0 bridgehead atoms. The van der Waals surface area contributed by atoms with Gasteiger partial charge in [0, 0.05) is 13.1 Å². The number of hydrogen-bond donors (Lipinski definition) is 0. The molecule has 160 valence electrons. The maximum absolute atomic E-state index is 13.7. The fourth-order valence-corrected chi connectivity index (χ4v) is 3.72. The van der Waals surface area contributed by atoms with E-state index in [0.29, 0.717) is 11.2 Å². The summed E-state index contributed by atoms with van der Waals surface area (Å²) in [6.45, 7) is 0.164. The summed E-state index contributed by atoms with van der Waals surface area (Å²) >= 11 is 0.986. The molecule has 2 aromatic carbocycles. The number of amides is 1. The Morgan fingerprint density at radius 3 is 2.50 bits per heavy atom. The van der Waals surface area contributed by atoms with E-state index in [4.69, 9.17) is 4.74 Å². The Balaban J connectivity index is 1.89. The third-order valence-corrected chi connectivity index (χ3v) is 5.25. The van der Waals surface area contributed by atoms with Gasteiger partial charge >= 0.3 is 6.18 Å². The molecular weight excluding hydrogens is 422 g/mol. The molecule has 10 heteroatoms. The summed E-state index contributed by atoms with van der Waals surface area (Å²) < 4.78 is 59.3. The smallest absolute Gasteiger partial charge is 0.418 e. The predicted octanol–water partition coefficient (Wildman–Crippen LogP) is 4.43. The minimum Gasteiger partial charge on any atom is -0.481 e. The lowest BCUT2D eigenvalue weighted by Crippen LogP contribution is -2.39. The first-order valence-corrected chi connectivity index (χ1v) is 9.77. The van der Waals surface area contributed by atoms with E-state index in [9.17, 15) is 22.4 Å². The number of carbonyl (C=O) groups excluding carboxylic acids is 1. The largest absolute Gasteiger partial charge is 0.481 e. The predicted molar refractivity (Wildman–Crippen MR) is 107 cm³/mol. The molecule has 0 radical (unpaired) electrons. The molecule has 1 heterocycles. The lowest BCUT2D eigenvalue weighted by atomic mass is 10.2. The SMILES string of the molecule is CN(C)CCN(C(=O)COc1ccccc1F)c1nc2c(C(F)(F)F)cccc2s1. The van der Waals surface area contributed by atoms with E-state index < -0.39 is 30.1 Å². The number of aromatic nitrogens is 1. The van der Waals surface area contributed by atoms with Crippen LogP contribution in [0.25, 0.3) is 10.2 Å². The Morgan fingerprint density at radius 1 is 1.10 bits per heavy atom. The molecule has 1 amide bonds. The van der Waals surface area contributed by atoms with Gasteiger partial charge in [-0.1, -0.05) is 29.5 Å². The summed E-state index contributed by atoms with van der Waals surface area (Å²) in [5.41, 5.74) is -1.06. The number of hydrogen-bond acceptors (Lipinski definition) is 5. The van der Waals surface area contributed by atoms with Gasteiger partial charge in [-0.25, -0.2) is 9.37 Å². The van der Waals surface area contributed by atoms with E-state index in [-0.39, 0.29) is 22.9 Å². The van der Waals surface area contributed by atoms with Crippen LogP contribution in [0.1, 0.15) is 5.56 Å². The molecule has 5 nitrogen and oxygen atoms in total. The number of fused-ring (bicyclic) bond motifs is 1. The Labute approximate surface area is 174 Å². The highest BCUT2D eigenvalue weighted by Crippen LogP contribution is 2.38. The minimum absolute atomic E-state index is 0.0814. The molecule has 0 fully saturated rings. The minimum atomic E-state index is -4.56. The molecule has 0 N–H and O–H groups in total. The molecule has 0 atom stereocenters. The molecule has 0 saturated carbocycles. The lowest BCUT2D eigenvalue weighted by Gasteiger charge is -2.22. The van der Waals surface area contributed by atoms with Gasteiger partial charge in [0.2, 0.25) is 0 Å². The second kappa shape index (κ2) is 8.97. The van der Waals surface area contributed by atoms with Crippen LogP contribution in [0.2, 0.25) is 0 Å². The van der Waals surface area contributed by atoms with Gasteiger partial charge in [-0.3, -0.25) is 9.69 Å². The molecule has 0 aliphatic heterocycles. The van der Waals surface area contributed by atoms with Crippen molar-refractivity contribution in [2.45, 2.75) is 6.18 Å². The van der Waals surface area contributed by atoms with Crippen LogP contribution in [0.15, 0.2) is 42.5 Å². The monoisotopic (exact) mass is 441 g/mol. The van der Waals surface area contributed by atoms with E-state index in [0.717, 1.165) is 17.4 Å². The van der Waals surface area contributed by atoms with E-state index in [1.807, 2.05) is 4.90 Å². The van der Waals surface area contributed by atoms with Crippen LogP contribution in [-0.2, 0) is 11.0 Å². The quantitative estimate of drug-likeness (QED) is 0.509. The van der Waals surface area contributed by atoms with Crippen LogP contribution in [0, 0.1) is 5.82 Å². The number of thiazole rings is 1. The third-order valence-electron chi connectivity index (χ3n) is 4.20. The zero-order valence-electron chi connectivity index (χ0n) is 16.2. The van der Waals surface area contributed by atoms with Gasteiger partial charge in [-0.15, -0.1) is 0 Å². The molecular formula is C20H19F4N3O2S. The highest BCUT2D eigenvalue weighted by atomic mass is 32.1. The summed E-state index contributed by atoms with van der Waals surface area (Å²) in [7, 11) is 3.61. The third kappa shape index (κ3) is 5.06. The fourth-order valence-electron chi connectivity index (χ4n) is 2.69. The number of rotatable bonds is 7. The van der Waals surface area contributed by atoms with Crippen molar-refractivity contribution >= 4 is 32.6 Å². The highest BCUT2D eigenvalue weighted by Gasteiger charge is 2.34. The first kappa shape index (κ1) is 22.0. The summed E-state index contributed by atoms with van der Waals surface area (Å²) in [6, 6.07) is 9.44. The van der Waals surface area contributed by atoms with Crippen LogP contribution in [0.4, 0.5) is 22.7 Å². The number of alkyl halides is 3. The molecule has 3 aromatic rings. The van der Waals surface area contributed by atoms with Gasteiger partial charge in [-0.05, 0) is 38.4 Å². The number of benzene rings is 2. The number of carbonyl (C=O) groups is 1. The van der Waals surface area contributed by atoms with E-state index in [1.165, 1.54) is 35.2 Å². The zero-order valence-corrected chi connectivity index (χ0v) is 17.1. The molecule has 0 aliphatic rings. The number of halogens is 4.